The summed E-state index contributed by atoms with van der Waals surface area (Å²) in [7, 11) is 3.08. The molecule has 0 saturated carbocycles. The highest BCUT2D eigenvalue weighted by atomic mass is 127. The highest BCUT2D eigenvalue weighted by molar-refractivity contribution is 14.1. The molecule has 5 nitrogen and oxygen atoms in total. The van der Waals surface area contributed by atoms with Crippen molar-refractivity contribution in [2.24, 2.45) is 0 Å². The highest BCUT2D eigenvalue weighted by Crippen LogP contribution is 2.32. The van der Waals surface area contributed by atoms with E-state index in [-0.39, 0.29) is 11.4 Å². The molecule has 0 aliphatic heterocycles. The molecule has 0 aromatic heterocycles. The zero-order chi connectivity index (χ0) is 23.8. The Bertz CT molecular complexity index is 785. The van der Waals surface area contributed by atoms with Crippen molar-refractivity contribution in [3.63, 3.8) is 0 Å². The minimum atomic E-state index is -0.563. The first-order chi connectivity index (χ1) is 15.6. The quantitative estimate of drug-likeness (QED) is 0.107. The summed E-state index contributed by atoms with van der Waals surface area (Å²) in [6.45, 7) is 4.28. The largest absolute Gasteiger partial charge is 0.496 e. The maximum Gasteiger partial charge on any atom is 0.342 e. The number of terminal acetylenes is 1. The molecule has 8 heteroatoms. The number of ether oxygens (including phenoxy) is 4. The van der Waals surface area contributed by atoms with Gasteiger partial charge >= 0.3 is 5.97 Å². The Morgan fingerprint density at radius 2 is 1.97 bits per heavy atom. The molecule has 0 fully saturated rings. The Kier molecular flexibility index (Phi) is 15.7. The van der Waals surface area contributed by atoms with Crippen molar-refractivity contribution >= 4 is 58.2 Å². The summed E-state index contributed by atoms with van der Waals surface area (Å²) in [6, 6.07) is 5.43. The van der Waals surface area contributed by atoms with Crippen LogP contribution in [0.1, 0.15) is 36.2 Å². The van der Waals surface area contributed by atoms with Crippen molar-refractivity contribution in [2.45, 2.75) is 37.1 Å². The maximum atomic E-state index is 13.4. The number of halogens is 1. The zero-order valence-electron chi connectivity index (χ0n) is 18.9. The minimum Gasteiger partial charge on any atom is -0.496 e. The SMILES string of the molecule is C#C/C=C\[C@H](OCOC)[C@H](CC(SCC)SCC)OC(=O)c1c(/C=C/I)cccc1OC. The topological polar surface area (TPSA) is 54.0 Å². The number of carbonyl (C=O) groups excluding carboxylic acids is 1. The normalized spacial score (nSPS) is 13.4. The summed E-state index contributed by atoms with van der Waals surface area (Å²) in [5.41, 5.74) is 1.10. The van der Waals surface area contributed by atoms with Crippen molar-refractivity contribution < 1.29 is 23.7 Å². The van der Waals surface area contributed by atoms with E-state index in [1.807, 2.05) is 45.8 Å². The molecule has 1 aromatic rings. The van der Waals surface area contributed by atoms with Crippen LogP contribution in [0.5, 0.6) is 5.75 Å². The van der Waals surface area contributed by atoms with Gasteiger partial charge in [0.25, 0.3) is 0 Å². The predicted octanol–water partition coefficient (Wildman–Crippen LogP) is 6.03. The van der Waals surface area contributed by atoms with E-state index >= 15 is 0 Å². The second-order valence-corrected chi connectivity index (χ2v) is 10.3. The van der Waals surface area contributed by atoms with Gasteiger partial charge in [-0.3, -0.25) is 0 Å². The first kappa shape index (κ1) is 28.9. The van der Waals surface area contributed by atoms with E-state index in [1.165, 1.54) is 7.11 Å². The molecule has 0 heterocycles. The van der Waals surface area contributed by atoms with Gasteiger partial charge in [-0.2, -0.15) is 0 Å². The van der Waals surface area contributed by atoms with Gasteiger partial charge in [-0.05, 0) is 45.4 Å². The summed E-state index contributed by atoms with van der Waals surface area (Å²) >= 11 is 5.75. The molecule has 0 radical (unpaired) electrons. The lowest BCUT2D eigenvalue weighted by Gasteiger charge is -2.28. The standard InChI is InChI=1S/C24H31IO5S2/c1-6-9-12-19(29-17-27-4)21(16-22(31-7-2)32-8-3)30-24(26)23-18(14-15-25)11-10-13-20(23)28-5/h1,9-15,19,21-22H,7-8,16-17H2,2-5H3/b12-9-,15-14+/t19-,21-/m0/s1. The second-order valence-electron chi connectivity index (χ2n) is 6.30. The van der Waals surface area contributed by atoms with Gasteiger partial charge in [-0.15, -0.1) is 29.9 Å². The van der Waals surface area contributed by atoms with Crippen LogP contribution in [0.3, 0.4) is 0 Å². The molecule has 0 amide bonds. The van der Waals surface area contributed by atoms with Crippen molar-refractivity contribution in [1.29, 1.82) is 0 Å². The van der Waals surface area contributed by atoms with Gasteiger partial charge in [0.2, 0.25) is 0 Å². The fourth-order valence-electron chi connectivity index (χ4n) is 2.92. The second kappa shape index (κ2) is 17.4. The van der Waals surface area contributed by atoms with Gasteiger partial charge in [-0.1, -0.05) is 54.5 Å². The molecular formula is C24H31IO5S2. The Labute approximate surface area is 214 Å². The van der Waals surface area contributed by atoms with E-state index < -0.39 is 18.2 Å². The first-order valence-electron chi connectivity index (χ1n) is 10.2. The summed E-state index contributed by atoms with van der Waals surface area (Å²) in [5.74, 6) is 4.38. The van der Waals surface area contributed by atoms with Gasteiger partial charge in [0.1, 0.15) is 30.3 Å². The van der Waals surface area contributed by atoms with Gasteiger partial charge in [0.15, 0.2) is 0 Å². The minimum absolute atomic E-state index is 0.0532. The molecule has 0 aliphatic carbocycles. The average molecular weight is 591 g/mol. The summed E-state index contributed by atoms with van der Waals surface area (Å²) in [6.07, 6.45) is 10.0. The van der Waals surface area contributed by atoms with Crippen LogP contribution in [-0.4, -0.2) is 55.3 Å². The van der Waals surface area contributed by atoms with Crippen LogP contribution < -0.4 is 4.74 Å². The van der Waals surface area contributed by atoms with Gasteiger partial charge in [-0.25, -0.2) is 4.79 Å². The van der Waals surface area contributed by atoms with Crippen LogP contribution in [0.15, 0.2) is 34.4 Å². The lowest BCUT2D eigenvalue weighted by molar-refractivity contribution is -0.0979. The van der Waals surface area contributed by atoms with E-state index in [0.29, 0.717) is 17.7 Å². The fraction of sp³-hybridized carbons (Fsp3) is 0.458. The number of hydrogen-bond acceptors (Lipinski definition) is 7. The lowest BCUT2D eigenvalue weighted by atomic mass is 10.1. The van der Waals surface area contributed by atoms with E-state index in [2.05, 4.69) is 42.4 Å². The van der Waals surface area contributed by atoms with Crippen LogP contribution in [0.25, 0.3) is 6.08 Å². The van der Waals surface area contributed by atoms with Crippen LogP contribution >= 0.6 is 46.1 Å². The van der Waals surface area contributed by atoms with Crippen LogP contribution in [0.2, 0.25) is 0 Å². The van der Waals surface area contributed by atoms with E-state index in [9.17, 15) is 4.79 Å². The summed E-state index contributed by atoms with van der Waals surface area (Å²) in [5, 5.41) is 0. The molecule has 0 unspecified atom stereocenters. The monoisotopic (exact) mass is 590 g/mol. The molecule has 0 aliphatic rings. The van der Waals surface area contributed by atoms with E-state index in [4.69, 9.17) is 25.4 Å². The maximum absolute atomic E-state index is 13.4. The molecule has 32 heavy (non-hydrogen) atoms. The lowest BCUT2D eigenvalue weighted by Crippen LogP contribution is -2.35. The Balaban J connectivity index is 3.33. The molecule has 176 valence electrons. The average Bonchev–Trinajstić information content (AvgIpc) is 2.79. The van der Waals surface area contributed by atoms with Gasteiger partial charge < -0.3 is 18.9 Å². The molecule has 0 saturated heterocycles. The number of thioether (sulfide) groups is 2. The molecule has 0 spiro atoms. The van der Waals surface area contributed by atoms with Crippen molar-refractivity contribution in [3.8, 4) is 18.1 Å². The predicted molar refractivity (Wildman–Crippen MR) is 145 cm³/mol. The fourth-order valence-corrected chi connectivity index (χ4v) is 5.90. The number of rotatable bonds is 15. The van der Waals surface area contributed by atoms with E-state index in [1.54, 1.807) is 25.3 Å². The third kappa shape index (κ3) is 9.79. The Hall–Kier alpha value is -1.12. The smallest absolute Gasteiger partial charge is 0.342 e. The van der Waals surface area contributed by atoms with Gasteiger partial charge in [0.05, 0.1) is 11.7 Å². The molecular weight excluding hydrogens is 559 g/mol. The summed E-state index contributed by atoms with van der Waals surface area (Å²) in [4.78, 5) is 13.4. The van der Waals surface area contributed by atoms with Crippen LogP contribution in [0, 0.1) is 12.3 Å². The van der Waals surface area contributed by atoms with Crippen molar-refractivity contribution in [3.05, 3.63) is 45.6 Å². The summed E-state index contributed by atoms with van der Waals surface area (Å²) < 4.78 is 24.5. The molecule has 0 bridgehead atoms. The highest BCUT2D eigenvalue weighted by Gasteiger charge is 2.30. The zero-order valence-corrected chi connectivity index (χ0v) is 22.7. The Morgan fingerprint density at radius 1 is 1.25 bits per heavy atom. The number of hydrogen-bond donors (Lipinski definition) is 0. The molecule has 0 N–H and O–H groups in total. The number of carbonyl (C=O) groups is 1. The third-order valence-corrected chi connectivity index (χ3v) is 7.21. The van der Waals surface area contributed by atoms with Crippen molar-refractivity contribution in [2.75, 3.05) is 32.5 Å². The molecule has 1 aromatic carbocycles. The van der Waals surface area contributed by atoms with Crippen molar-refractivity contribution in [1.82, 2.24) is 0 Å². The van der Waals surface area contributed by atoms with E-state index in [0.717, 1.165) is 17.1 Å². The first-order valence-corrected chi connectivity index (χ1v) is 13.5. The molecule has 1 rings (SSSR count). The number of esters is 1. The third-order valence-electron chi connectivity index (χ3n) is 4.24. The van der Waals surface area contributed by atoms with Gasteiger partial charge in [0, 0.05) is 13.5 Å². The number of allylic oxidation sites excluding steroid dienone is 1. The Morgan fingerprint density at radius 3 is 2.53 bits per heavy atom. The number of methoxy groups -OCH3 is 2. The van der Waals surface area contributed by atoms with Crippen LogP contribution in [0.4, 0.5) is 0 Å². The molecule has 2 atom stereocenters. The number of benzene rings is 1. The van der Waals surface area contributed by atoms with Crippen LogP contribution in [-0.2, 0) is 14.2 Å².